The van der Waals surface area contributed by atoms with Gasteiger partial charge in [-0.3, -0.25) is 9.36 Å². The topological polar surface area (TPSA) is 58.7 Å². The molecule has 0 aliphatic heterocycles. The molecule has 0 saturated heterocycles. The molecule has 2 aromatic heterocycles. The molecule has 0 saturated carbocycles. The summed E-state index contributed by atoms with van der Waals surface area (Å²) in [6.07, 6.45) is 1.65. The minimum Gasteiger partial charge on any atom is -0.292 e. The van der Waals surface area contributed by atoms with Crippen molar-refractivity contribution in [2.24, 2.45) is 0 Å². The summed E-state index contributed by atoms with van der Waals surface area (Å²) < 4.78 is 1.78. The van der Waals surface area contributed by atoms with Crippen LogP contribution in [0.3, 0.4) is 0 Å². The smallest absolute Gasteiger partial charge is 0.263 e. The van der Waals surface area contributed by atoms with Gasteiger partial charge < -0.3 is 0 Å². The van der Waals surface area contributed by atoms with E-state index in [4.69, 9.17) is 4.98 Å². The van der Waals surface area contributed by atoms with E-state index in [1.165, 1.54) is 0 Å². The Morgan fingerprint density at radius 1 is 1.14 bits per heavy atom. The standard InChI is InChI=1S/C24H21N3OS/c1-3-8-20-26-23-22(21(16(2)29-23)19-11-5-4-6-12-19)24(28)27(20)15-18-10-7-9-17(13-18)14-25/h4-7,9-13H,3,8,15H2,1-2H3. The van der Waals surface area contributed by atoms with Gasteiger partial charge in [-0.05, 0) is 36.6 Å². The van der Waals surface area contributed by atoms with Crippen LogP contribution in [0.5, 0.6) is 0 Å². The van der Waals surface area contributed by atoms with Gasteiger partial charge in [0.1, 0.15) is 10.7 Å². The molecular formula is C24H21N3OS. The lowest BCUT2D eigenvalue weighted by molar-refractivity contribution is 0.666. The number of hydrogen-bond acceptors (Lipinski definition) is 4. The summed E-state index contributed by atoms with van der Waals surface area (Å²) in [7, 11) is 0. The molecule has 0 atom stereocenters. The summed E-state index contributed by atoms with van der Waals surface area (Å²) in [4.78, 5) is 20.4. The SMILES string of the molecule is CCCc1nc2sc(C)c(-c3ccccc3)c2c(=O)n1Cc1cccc(C#N)c1. The molecule has 0 aliphatic rings. The molecule has 2 heterocycles. The lowest BCUT2D eigenvalue weighted by atomic mass is 10.0. The maximum Gasteiger partial charge on any atom is 0.263 e. The molecule has 0 amide bonds. The van der Waals surface area contributed by atoms with E-state index in [2.05, 4.69) is 13.0 Å². The molecule has 4 nitrogen and oxygen atoms in total. The molecule has 2 aromatic carbocycles. The van der Waals surface area contributed by atoms with Crippen LogP contribution in [0.4, 0.5) is 0 Å². The van der Waals surface area contributed by atoms with E-state index in [-0.39, 0.29) is 5.56 Å². The van der Waals surface area contributed by atoms with Crippen molar-refractivity contribution in [3.8, 4) is 17.2 Å². The summed E-state index contributed by atoms with van der Waals surface area (Å²) in [6.45, 7) is 4.55. The highest BCUT2D eigenvalue weighted by atomic mass is 32.1. The zero-order chi connectivity index (χ0) is 20.4. The zero-order valence-electron chi connectivity index (χ0n) is 16.5. The third kappa shape index (κ3) is 3.59. The number of fused-ring (bicyclic) bond motifs is 1. The van der Waals surface area contributed by atoms with E-state index < -0.39 is 0 Å². The number of rotatable bonds is 5. The molecular weight excluding hydrogens is 378 g/mol. The Labute approximate surface area is 173 Å². The number of aromatic nitrogens is 2. The van der Waals surface area contributed by atoms with E-state index in [0.29, 0.717) is 17.5 Å². The average molecular weight is 400 g/mol. The van der Waals surface area contributed by atoms with Crippen molar-refractivity contribution >= 4 is 21.6 Å². The van der Waals surface area contributed by atoms with Gasteiger partial charge in [0, 0.05) is 16.9 Å². The van der Waals surface area contributed by atoms with Gasteiger partial charge in [0.15, 0.2) is 0 Å². The predicted octanol–water partition coefficient (Wildman–Crippen LogP) is 5.31. The number of aryl methyl sites for hydroxylation is 2. The lowest BCUT2D eigenvalue weighted by Crippen LogP contribution is -2.26. The first kappa shape index (κ1) is 19.1. The van der Waals surface area contributed by atoms with E-state index in [9.17, 15) is 10.1 Å². The van der Waals surface area contributed by atoms with Crippen LogP contribution >= 0.6 is 11.3 Å². The lowest BCUT2D eigenvalue weighted by Gasteiger charge is -2.13. The van der Waals surface area contributed by atoms with Crippen LogP contribution < -0.4 is 5.56 Å². The van der Waals surface area contributed by atoms with E-state index in [0.717, 1.165) is 45.1 Å². The number of nitrogens with zero attached hydrogens (tertiary/aromatic N) is 3. The van der Waals surface area contributed by atoms with Crippen molar-refractivity contribution in [3.63, 3.8) is 0 Å². The fourth-order valence-electron chi connectivity index (χ4n) is 3.69. The number of benzene rings is 2. The summed E-state index contributed by atoms with van der Waals surface area (Å²) in [6, 6.07) is 19.6. The molecule has 0 unspecified atom stereocenters. The first-order valence-corrected chi connectivity index (χ1v) is 10.5. The molecule has 5 heteroatoms. The van der Waals surface area contributed by atoms with Crippen molar-refractivity contribution < 1.29 is 0 Å². The first-order valence-electron chi connectivity index (χ1n) is 9.69. The summed E-state index contributed by atoms with van der Waals surface area (Å²) >= 11 is 1.58. The van der Waals surface area contributed by atoms with E-state index in [1.54, 1.807) is 22.0 Å². The third-order valence-electron chi connectivity index (χ3n) is 5.00. The molecule has 0 spiro atoms. The van der Waals surface area contributed by atoms with Crippen LogP contribution in [0.25, 0.3) is 21.3 Å². The maximum absolute atomic E-state index is 13.7. The van der Waals surface area contributed by atoms with Gasteiger partial charge in [-0.2, -0.15) is 5.26 Å². The van der Waals surface area contributed by atoms with Crippen molar-refractivity contribution in [1.29, 1.82) is 5.26 Å². The summed E-state index contributed by atoms with van der Waals surface area (Å²) in [5.74, 6) is 0.799. The van der Waals surface area contributed by atoms with Gasteiger partial charge in [0.2, 0.25) is 0 Å². The number of hydrogen-bond donors (Lipinski definition) is 0. The fraction of sp³-hybridized carbons (Fsp3) is 0.208. The Morgan fingerprint density at radius 3 is 2.66 bits per heavy atom. The summed E-state index contributed by atoms with van der Waals surface area (Å²) in [5, 5.41) is 9.89. The van der Waals surface area contributed by atoms with Gasteiger partial charge in [-0.25, -0.2) is 4.98 Å². The molecule has 0 fully saturated rings. The number of thiophene rings is 1. The second kappa shape index (κ2) is 8.02. The average Bonchev–Trinajstić information content (AvgIpc) is 3.08. The van der Waals surface area contributed by atoms with Gasteiger partial charge in [0.05, 0.1) is 23.6 Å². The molecule has 144 valence electrons. The monoisotopic (exact) mass is 399 g/mol. The van der Waals surface area contributed by atoms with Crippen LogP contribution in [-0.4, -0.2) is 9.55 Å². The Morgan fingerprint density at radius 2 is 1.93 bits per heavy atom. The highest BCUT2D eigenvalue weighted by molar-refractivity contribution is 7.19. The molecule has 0 N–H and O–H groups in total. The Hall–Kier alpha value is -3.23. The van der Waals surface area contributed by atoms with Crippen molar-refractivity contribution in [3.05, 3.63) is 86.8 Å². The van der Waals surface area contributed by atoms with Crippen molar-refractivity contribution in [2.45, 2.75) is 33.2 Å². The number of nitriles is 1. The second-order valence-corrected chi connectivity index (χ2v) is 8.26. The van der Waals surface area contributed by atoms with Crippen LogP contribution in [-0.2, 0) is 13.0 Å². The second-order valence-electron chi connectivity index (χ2n) is 7.06. The minimum atomic E-state index is -0.0102. The molecule has 0 aliphatic carbocycles. The summed E-state index contributed by atoms with van der Waals surface area (Å²) in [5.41, 5.74) is 3.53. The van der Waals surface area contributed by atoms with Gasteiger partial charge in [0.25, 0.3) is 5.56 Å². The van der Waals surface area contributed by atoms with Crippen molar-refractivity contribution in [2.75, 3.05) is 0 Å². The normalized spacial score (nSPS) is 10.9. The largest absolute Gasteiger partial charge is 0.292 e. The maximum atomic E-state index is 13.7. The van der Waals surface area contributed by atoms with Crippen LogP contribution in [0, 0.1) is 18.3 Å². The molecule has 4 aromatic rings. The van der Waals surface area contributed by atoms with Crippen LogP contribution in [0.15, 0.2) is 59.4 Å². The first-order chi connectivity index (χ1) is 14.1. The van der Waals surface area contributed by atoms with E-state index in [1.807, 2.05) is 55.5 Å². The molecule has 0 radical (unpaired) electrons. The third-order valence-corrected chi connectivity index (χ3v) is 6.00. The molecule has 0 bridgehead atoms. The van der Waals surface area contributed by atoms with Crippen molar-refractivity contribution in [1.82, 2.24) is 9.55 Å². The molecule has 29 heavy (non-hydrogen) atoms. The van der Waals surface area contributed by atoms with Crippen LogP contribution in [0.2, 0.25) is 0 Å². The fourth-order valence-corrected chi connectivity index (χ4v) is 4.74. The minimum absolute atomic E-state index is 0.0102. The van der Waals surface area contributed by atoms with Gasteiger partial charge in [-0.15, -0.1) is 11.3 Å². The van der Waals surface area contributed by atoms with Crippen LogP contribution in [0.1, 0.15) is 35.2 Å². The molecule has 4 rings (SSSR count). The van der Waals surface area contributed by atoms with E-state index >= 15 is 0 Å². The Balaban J connectivity index is 1.95. The quantitative estimate of drug-likeness (QED) is 0.457. The highest BCUT2D eigenvalue weighted by Gasteiger charge is 2.19. The predicted molar refractivity (Wildman–Crippen MR) is 118 cm³/mol. The van der Waals surface area contributed by atoms with Gasteiger partial charge >= 0.3 is 0 Å². The highest BCUT2D eigenvalue weighted by Crippen LogP contribution is 2.35. The Kier molecular flexibility index (Phi) is 5.28. The zero-order valence-corrected chi connectivity index (χ0v) is 17.3. The van der Waals surface area contributed by atoms with Gasteiger partial charge in [-0.1, -0.05) is 49.4 Å². The Bertz CT molecular complexity index is 1280.